The second kappa shape index (κ2) is 5.91. The fraction of sp³-hybridized carbons (Fsp3) is 0.545. The molecule has 0 amide bonds. The summed E-state index contributed by atoms with van der Waals surface area (Å²) in [6, 6.07) is 2.49. The molecule has 0 heterocycles. The van der Waals surface area contributed by atoms with Crippen LogP contribution < -0.4 is 0 Å². The van der Waals surface area contributed by atoms with Crippen molar-refractivity contribution in [2.45, 2.75) is 26.3 Å². The maximum absolute atomic E-state index is 11.3. The van der Waals surface area contributed by atoms with Crippen LogP contribution in [0.3, 0.4) is 0 Å². The molecule has 0 spiro atoms. The molecule has 0 N–H and O–H groups in total. The highest BCUT2D eigenvalue weighted by Gasteiger charge is 2.22. The van der Waals surface area contributed by atoms with Crippen LogP contribution in [0.25, 0.3) is 4.85 Å². The zero-order valence-electron chi connectivity index (χ0n) is 10.2. The minimum absolute atomic E-state index is 0.0655. The zero-order chi connectivity index (χ0) is 12.8. The van der Waals surface area contributed by atoms with Crippen LogP contribution >= 0.6 is 0 Å². The van der Waals surface area contributed by atoms with Crippen LogP contribution in [-0.2, 0) is 19.1 Å². The summed E-state index contributed by atoms with van der Waals surface area (Å²) in [7, 11) is 2.43. The van der Waals surface area contributed by atoms with E-state index in [2.05, 4.69) is 20.4 Å². The molecule has 0 aliphatic heterocycles. The number of methoxy groups -OCH3 is 2. The highest BCUT2D eigenvalue weighted by Crippen LogP contribution is 2.07. The number of hydrogen-bond acceptors (Lipinski definition) is 4. The van der Waals surface area contributed by atoms with Crippen molar-refractivity contribution in [2.24, 2.45) is 0 Å². The van der Waals surface area contributed by atoms with Crippen molar-refractivity contribution in [3.05, 3.63) is 16.5 Å². The molecule has 5 heteroatoms. The number of esters is 2. The second-order valence-corrected chi connectivity index (χ2v) is 3.97. The van der Waals surface area contributed by atoms with E-state index in [1.807, 2.05) is 20.8 Å². The molecule has 0 saturated heterocycles. The van der Waals surface area contributed by atoms with E-state index in [0.717, 1.165) is 6.08 Å². The van der Waals surface area contributed by atoms with Gasteiger partial charge in [-0.1, -0.05) is 4.85 Å². The van der Waals surface area contributed by atoms with Gasteiger partial charge in [0.05, 0.1) is 20.3 Å². The van der Waals surface area contributed by atoms with Crippen LogP contribution in [0.1, 0.15) is 20.8 Å². The summed E-state index contributed by atoms with van der Waals surface area (Å²) in [5.74, 6) is -1.34. The van der Waals surface area contributed by atoms with Gasteiger partial charge in [0.25, 0.3) is 5.54 Å². The lowest BCUT2D eigenvalue weighted by atomic mass is 10.1. The molecule has 0 aromatic heterocycles. The third-order valence-corrected chi connectivity index (χ3v) is 1.38. The van der Waals surface area contributed by atoms with E-state index >= 15 is 0 Å². The highest BCUT2D eigenvalue weighted by molar-refractivity contribution is 5.99. The third-order valence-electron chi connectivity index (χ3n) is 1.38. The quantitative estimate of drug-likeness (QED) is 0.405. The van der Waals surface area contributed by atoms with Gasteiger partial charge in [-0.3, -0.25) is 0 Å². The molecule has 0 atom stereocenters. The largest absolute Gasteiger partial charge is 0.466 e. The molecule has 0 aromatic carbocycles. The van der Waals surface area contributed by atoms with Gasteiger partial charge in [0, 0.05) is 20.8 Å². The Bertz CT molecular complexity index is 366. The van der Waals surface area contributed by atoms with Crippen molar-refractivity contribution in [1.82, 2.24) is 0 Å². The molecule has 0 radical (unpaired) electrons. The highest BCUT2D eigenvalue weighted by atomic mass is 16.5. The summed E-state index contributed by atoms with van der Waals surface area (Å²) < 4.78 is 8.89. The summed E-state index contributed by atoms with van der Waals surface area (Å²) in [5.41, 5.74) is -0.451. The van der Waals surface area contributed by atoms with Crippen LogP contribution in [0.2, 0.25) is 0 Å². The molecular weight excluding hydrogens is 210 g/mol. The van der Waals surface area contributed by atoms with E-state index < -0.39 is 11.9 Å². The lowest BCUT2D eigenvalue weighted by molar-refractivity contribution is -0.138. The third kappa shape index (κ3) is 5.81. The average Bonchev–Trinajstić information content (AvgIpc) is 2.21. The Balaban J connectivity index is 5.10. The van der Waals surface area contributed by atoms with Gasteiger partial charge in [-0.25, -0.2) is 9.59 Å². The maximum atomic E-state index is 11.3. The molecule has 0 fully saturated rings. The summed E-state index contributed by atoms with van der Waals surface area (Å²) in [6.07, 6.45) is 0.987. The number of carbonyl (C=O) groups excluding carboxylic acids is 2. The van der Waals surface area contributed by atoms with Crippen molar-refractivity contribution in [2.75, 3.05) is 14.2 Å². The van der Waals surface area contributed by atoms with E-state index in [-0.39, 0.29) is 11.1 Å². The lowest BCUT2D eigenvalue weighted by Crippen LogP contribution is -2.09. The van der Waals surface area contributed by atoms with Gasteiger partial charge in [0.15, 0.2) is 5.57 Å². The fourth-order valence-electron chi connectivity index (χ4n) is 0.652. The van der Waals surface area contributed by atoms with E-state index in [0.29, 0.717) is 0 Å². The Morgan fingerprint density at radius 1 is 1.19 bits per heavy atom. The smallest absolute Gasteiger partial charge is 0.353 e. The molecule has 0 aromatic rings. The number of hydrogen-bond donors (Lipinski definition) is 0. The van der Waals surface area contributed by atoms with E-state index in [9.17, 15) is 9.59 Å². The van der Waals surface area contributed by atoms with Crippen LogP contribution in [0.15, 0.2) is 11.6 Å². The molecule has 16 heavy (non-hydrogen) atoms. The van der Waals surface area contributed by atoms with Crippen molar-refractivity contribution in [3.63, 3.8) is 0 Å². The molecule has 0 bridgehead atoms. The van der Waals surface area contributed by atoms with Crippen LogP contribution in [0.5, 0.6) is 0 Å². The second-order valence-electron chi connectivity index (χ2n) is 3.97. The van der Waals surface area contributed by atoms with Crippen LogP contribution in [0.4, 0.5) is 0 Å². The number of carbonyl (C=O) groups is 2. The zero-order valence-corrected chi connectivity index (χ0v) is 10.2. The summed E-state index contributed by atoms with van der Waals surface area (Å²) >= 11 is 0. The molecule has 0 aliphatic carbocycles. The fourth-order valence-corrected chi connectivity index (χ4v) is 0.652. The van der Waals surface area contributed by atoms with Crippen molar-refractivity contribution >= 4 is 11.9 Å². The molecule has 5 nitrogen and oxygen atoms in total. The van der Waals surface area contributed by atoms with Crippen LogP contribution in [-0.4, -0.2) is 31.7 Å². The molecule has 88 valence electrons. The van der Waals surface area contributed by atoms with Crippen molar-refractivity contribution < 1.29 is 19.1 Å². The topological polar surface area (TPSA) is 57.0 Å². The van der Waals surface area contributed by atoms with Crippen molar-refractivity contribution in [1.29, 1.82) is 0 Å². The maximum Gasteiger partial charge on any atom is 0.353 e. The Morgan fingerprint density at radius 3 is 2.12 bits per heavy atom. The molecule has 0 rings (SSSR count). The molecule has 0 unspecified atom stereocenters. The first-order valence-electron chi connectivity index (χ1n) is 4.66. The minimum Gasteiger partial charge on any atom is -0.466 e. The molecule has 0 aliphatic rings. The van der Waals surface area contributed by atoms with E-state index in [1.54, 1.807) is 0 Å². The minimum atomic E-state index is -0.682. The normalized spacial score (nSPS) is 11.2. The first-order valence-corrected chi connectivity index (χ1v) is 4.66. The van der Waals surface area contributed by atoms with Crippen LogP contribution in [0, 0.1) is 6.07 Å². The first kappa shape index (κ1) is 14.2. The van der Waals surface area contributed by atoms with Gasteiger partial charge < -0.3 is 9.47 Å². The van der Waals surface area contributed by atoms with E-state index in [1.165, 1.54) is 14.2 Å². The van der Waals surface area contributed by atoms with Gasteiger partial charge in [-0.05, 0) is 0 Å². The van der Waals surface area contributed by atoms with Gasteiger partial charge in [0.2, 0.25) is 0 Å². The molecular formula is C11H16NO4+. The number of ether oxygens (including phenoxy) is 2. The van der Waals surface area contributed by atoms with Gasteiger partial charge in [-0.2, -0.15) is 0 Å². The summed E-state index contributed by atoms with van der Waals surface area (Å²) in [5, 5.41) is 0. The monoisotopic (exact) mass is 226 g/mol. The number of rotatable bonds is 2. The first-order chi connectivity index (χ1) is 7.30. The summed E-state index contributed by atoms with van der Waals surface area (Å²) in [4.78, 5) is 26.2. The average molecular weight is 226 g/mol. The Morgan fingerprint density at radius 2 is 1.75 bits per heavy atom. The standard InChI is InChI=1S/C11H16NO4/c1-11(2,3)12-7-8(10(14)16-5)6-9(13)15-4/h6H,1-5H3/q+1. The Labute approximate surface area is 94.9 Å². The lowest BCUT2D eigenvalue weighted by Gasteiger charge is -1.95. The van der Waals surface area contributed by atoms with Crippen molar-refractivity contribution in [3.8, 4) is 6.07 Å². The SMILES string of the molecule is COC(=O)C=C(C#[N+]C(C)(C)C)C(=O)OC. The summed E-state index contributed by atoms with van der Waals surface area (Å²) in [6.45, 7) is 5.52. The van der Waals surface area contributed by atoms with Gasteiger partial charge in [-0.15, -0.1) is 0 Å². The Hall–Kier alpha value is -1.83. The van der Waals surface area contributed by atoms with E-state index in [4.69, 9.17) is 0 Å². The molecule has 0 saturated carbocycles. The predicted octanol–water partition coefficient (Wildman–Crippen LogP) is 1.39. The predicted molar refractivity (Wildman–Crippen MR) is 59.1 cm³/mol. The Kier molecular flexibility index (Phi) is 5.23. The number of nitrogens with zero attached hydrogens (tertiary/aromatic N) is 1. The van der Waals surface area contributed by atoms with Gasteiger partial charge in [0.1, 0.15) is 0 Å². The van der Waals surface area contributed by atoms with Gasteiger partial charge >= 0.3 is 18.0 Å².